The summed E-state index contributed by atoms with van der Waals surface area (Å²) in [5.74, 6) is -1.20. The topological polar surface area (TPSA) is 301 Å². The number of carbonyl (C=O) groups is 4. The van der Waals surface area contributed by atoms with Crippen LogP contribution in [0.15, 0.2) is 146 Å². The van der Waals surface area contributed by atoms with Gasteiger partial charge in [-0.1, -0.05) is 72.8 Å². The zero-order valence-corrected chi connectivity index (χ0v) is 45.0. The number of carbonyl (C=O) groups excluding carboxylic acids is 3. The minimum atomic E-state index is -1.09. The Morgan fingerprint density at radius 3 is 1.05 bits per heavy atom. The highest BCUT2D eigenvalue weighted by Crippen LogP contribution is 2.22. The molecule has 3 N–H and O–H groups in total. The van der Waals surface area contributed by atoms with Crippen LogP contribution in [0, 0.1) is 40.5 Å². The lowest BCUT2D eigenvalue weighted by Gasteiger charge is -2.23. The number of non-ortho nitro benzene ring substituents is 4. The quantitative estimate of drug-likeness (QED) is 0.0234. The van der Waals surface area contributed by atoms with Crippen molar-refractivity contribution in [2.24, 2.45) is 0 Å². The number of nitrogens with zero attached hydrogens (tertiary/aromatic N) is 6. The number of hydrogen-bond donors (Lipinski definition) is 3. The molecule has 6 rings (SSSR count). The zero-order chi connectivity index (χ0) is 57.4. The Morgan fingerprint density at radius 1 is 0.481 bits per heavy atom. The van der Waals surface area contributed by atoms with Gasteiger partial charge < -0.3 is 20.5 Å². The number of benzene rings is 6. The molecule has 0 radical (unpaired) electrons. The lowest BCUT2D eigenvalue weighted by atomic mass is 10.1. The van der Waals surface area contributed by atoms with E-state index in [-0.39, 0.29) is 22.7 Å². The van der Waals surface area contributed by atoms with Gasteiger partial charge in [-0.25, -0.2) is 9.59 Å². The van der Waals surface area contributed by atoms with E-state index in [1.165, 1.54) is 67.4 Å². The average molecular weight is 1120 g/mol. The van der Waals surface area contributed by atoms with Crippen LogP contribution in [0.4, 0.5) is 22.7 Å². The first-order valence-corrected chi connectivity index (χ1v) is 27.1. The van der Waals surface area contributed by atoms with Gasteiger partial charge in [-0.2, -0.15) is 23.5 Å². The average Bonchev–Trinajstić information content (AvgIpc) is 3.43. The van der Waals surface area contributed by atoms with Crippen molar-refractivity contribution < 1.29 is 48.7 Å². The van der Waals surface area contributed by atoms with Crippen molar-refractivity contribution in [3.8, 4) is 0 Å². The third-order valence-electron chi connectivity index (χ3n) is 12.0. The predicted molar refractivity (Wildman–Crippen MR) is 299 cm³/mol. The second-order valence-electron chi connectivity index (χ2n) is 17.9. The molecular weight excluding hydrogens is 1060 g/mol. The molecule has 0 saturated heterocycles. The summed E-state index contributed by atoms with van der Waals surface area (Å²) < 4.78 is 4.83. The van der Waals surface area contributed by atoms with E-state index in [9.17, 15) is 64.7 Å². The van der Waals surface area contributed by atoms with Crippen molar-refractivity contribution in [2.75, 3.05) is 31.1 Å². The van der Waals surface area contributed by atoms with E-state index in [0.29, 0.717) is 74.7 Å². The highest BCUT2D eigenvalue weighted by molar-refractivity contribution is 7.98. The standard InChI is InChI=1S/C28H30N4O7S.C27H28N4O7S/c1-39-28(34)26(14-15-40-2)29-27(33)23-5-3-4-22(16-23)19-30(17-20-6-10-24(11-7-20)31(35)36)18-21-8-12-25(13-9-21)32(37)38;1-39-14-13-25(27(33)34)28-26(32)22-4-2-3-21(15-22)18-29(16-19-5-9-23(10-6-19)30(35)36)17-20-7-11-24(12-8-20)31(37)38/h3-13,16,26H,14-15,17-19H2,1-2H3,(H,29,33);2-12,15,25H,13-14,16-18H2,1H3,(H,28,32)(H,33,34)/t26-;25-/m00/s1. The molecular formula is C55H58N8O14S2. The van der Waals surface area contributed by atoms with Crippen molar-refractivity contribution in [1.29, 1.82) is 0 Å². The van der Waals surface area contributed by atoms with Gasteiger partial charge in [-0.05, 0) is 94.5 Å². The number of nitro groups is 4. The van der Waals surface area contributed by atoms with E-state index in [1.807, 2.05) is 29.5 Å². The molecule has 0 aromatic heterocycles. The van der Waals surface area contributed by atoms with Crippen molar-refractivity contribution in [2.45, 2.75) is 64.2 Å². The molecule has 0 aliphatic heterocycles. The van der Waals surface area contributed by atoms with E-state index in [2.05, 4.69) is 15.5 Å². The molecule has 0 bridgehead atoms. The SMILES string of the molecule is COC(=O)[C@H](CCSC)NC(=O)c1cccc(CN(Cc2ccc([N+](=O)[O-])cc2)Cc2ccc([N+](=O)[O-])cc2)c1.CSCC[C@H](NC(=O)c1cccc(CN(Cc2ccc([N+](=O)[O-])cc2)Cc2ccc([N+](=O)[O-])cc2)c1)C(=O)O. The van der Waals surface area contributed by atoms with E-state index < -0.39 is 55.5 Å². The lowest BCUT2D eigenvalue weighted by molar-refractivity contribution is -0.385. The second-order valence-corrected chi connectivity index (χ2v) is 19.8. The second kappa shape index (κ2) is 31.0. The molecule has 6 aromatic carbocycles. The Bertz CT molecular complexity index is 2940. The third-order valence-corrected chi connectivity index (χ3v) is 13.3. The first-order chi connectivity index (χ1) is 37.8. The molecule has 0 aliphatic rings. The number of nitrogens with one attached hydrogen (secondary N) is 2. The van der Waals surface area contributed by atoms with Gasteiger partial charge in [0.15, 0.2) is 0 Å². The van der Waals surface area contributed by atoms with Crippen LogP contribution < -0.4 is 10.6 Å². The maximum atomic E-state index is 13.0. The Balaban J connectivity index is 0.000000291. The number of ether oxygens (including phenoxy) is 1. The van der Waals surface area contributed by atoms with Gasteiger partial charge in [-0.15, -0.1) is 0 Å². The zero-order valence-electron chi connectivity index (χ0n) is 43.3. The van der Waals surface area contributed by atoms with Gasteiger partial charge in [0.1, 0.15) is 12.1 Å². The van der Waals surface area contributed by atoms with Crippen LogP contribution in [0.1, 0.15) is 66.9 Å². The number of methoxy groups -OCH3 is 1. The van der Waals surface area contributed by atoms with E-state index in [1.54, 1.807) is 96.7 Å². The summed E-state index contributed by atoms with van der Waals surface area (Å²) in [7, 11) is 1.28. The Labute approximate surface area is 463 Å². The number of carboxylic acid groups (broad SMARTS) is 1. The van der Waals surface area contributed by atoms with E-state index in [4.69, 9.17) is 4.74 Å². The van der Waals surface area contributed by atoms with Gasteiger partial charge in [0, 0.05) is 98.9 Å². The number of rotatable bonds is 28. The van der Waals surface area contributed by atoms with Crippen molar-refractivity contribution in [3.05, 3.63) is 231 Å². The minimum Gasteiger partial charge on any atom is -0.480 e. The molecule has 6 aromatic rings. The van der Waals surface area contributed by atoms with E-state index in [0.717, 1.165) is 33.4 Å². The smallest absolute Gasteiger partial charge is 0.328 e. The van der Waals surface area contributed by atoms with Crippen LogP contribution in [0.5, 0.6) is 0 Å². The fourth-order valence-corrected chi connectivity index (χ4v) is 8.94. The van der Waals surface area contributed by atoms with Crippen molar-refractivity contribution in [1.82, 2.24) is 20.4 Å². The maximum Gasteiger partial charge on any atom is 0.328 e. The van der Waals surface area contributed by atoms with Crippen molar-refractivity contribution >= 4 is 70.0 Å². The minimum absolute atomic E-state index is 0.00725. The molecule has 0 spiro atoms. The molecule has 0 fully saturated rings. The Morgan fingerprint density at radius 2 is 0.772 bits per heavy atom. The fraction of sp³-hybridized carbons (Fsp3) is 0.273. The van der Waals surface area contributed by atoms with Gasteiger partial charge >= 0.3 is 11.9 Å². The molecule has 0 unspecified atom stereocenters. The largest absolute Gasteiger partial charge is 0.480 e. The summed E-state index contributed by atoms with van der Waals surface area (Å²) in [5.41, 5.74) is 5.64. The molecule has 414 valence electrons. The fourth-order valence-electron chi connectivity index (χ4n) is 8.00. The number of thioether (sulfide) groups is 2. The first kappa shape index (κ1) is 61.3. The number of nitro benzene ring substituents is 4. The van der Waals surface area contributed by atoms with Gasteiger partial charge in [-0.3, -0.25) is 59.8 Å². The molecule has 0 aliphatic carbocycles. The normalized spacial score (nSPS) is 11.6. The summed E-state index contributed by atoms with van der Waals surface area (Å²) >= 11 is 3.06. The molecule has 0 heterocycles. The highest BCUT2D eigenvalue weighted by Gasteiger charge is 2.23. The van der Waals surface area contributed by atoms with Crippen LogP contribution in [0.3, 0.4) is 0 Å². The maximum absolute atomic E-state index is 13.0. The van der Waals surface area contributed by atoms with Crippen LogP contribution in [-0.4, -0.2) is 102 Å². The molecule has 22 nitrogen and oxygen atoms in total. The summed E-state index contributed by atoms with van der Waals surface area (Å²) in [5, 5.41) is 58.9. The van der Waals surface area contributed by atoms with Gasteiger partial charge in [0.2, 0.25) is 0 Å². The van der Waals surface area contributed by atoms with Crippen LogP contribution in [0.2, 0.25) is 0 Å². The Kier molecular flexibility index (Phi) is 24.0. The lowest BCUT2D eigenvalue weighted by Crippen LogP contribution is -2.42. The van der Waals surface area contributed by atoms with Crippen LogP contribution in [0.25, 0.3) is 0 Å². The first-order valence-electron chi connectivity index (χ1n) is 24.3. The van der Waals surface area contributed by atoms with Gasteiger partial charge in [0.25, 0.3) is 34.6 Å². The van der Waals surface area contributed by atoms with E-state index >= 15 is 0 Å². The predicted octanol–water partition coefficient (Wildman–Crippen LogP) is 9.37. The van der Waals surface area contributed by atoms with Crippen LogP contribution in [-0.2, 0) is 53.6 Å². The molecule has 2 amide bonds. The van der Waals surface area contributed by atoms with Crippen LogP contribution >= 0.6 is 23.5 Å². The Hall–Kier alpha value is -8.58. The summed E-state index contributed by atoms with van der Waals surface area (Å²) in [6.45, 7) is 2.52. The summed E-state index contributed by atoms with van der Waals surface area (Å²) in [4.78, 5) is 95.8. The number of aliphatic carboxylic acids is 1. The third kappa shape index (κ3) is 20.1. The number of esters is 1. The summed E-state index contributed by atoms with van der Waals surface area (Å²) in [6, 6.07) is 37.1. The highest BCUT2D eigenvalue weighted by atomic mass is 32.2. The van der Waals surface area contributed by atoms with Gasteiger partial charge in [0.05, 0.1) is 26.8 Å². The monoisotopic (exact) mass is 1120 g/mol. The number of carboxylic acids is 1. The van der Waals surface area contributed by atoms with Crippen molar-refractivity contribution in [3.63, 3.8) is 0 Å². The molecule has 0 saturated carbocycles. The number of amides is 2. The molecule has 79 heavy (non-hydrogen) atoms. The molecule has 24 heteroatoms. The molecule has 2 atom stereocenters. The summed E-state index contributed by atoms with van der Waals surface area (Å²) in [6.07, 6.45) is 4.53. The number of hydrogen-bond acceptors (Lipinski definition) is 17.